The number of ether oxygens (including phenoxy) is 2. The summed E-state index contributed by atoms with van der Waals surface area (Å²) in [5, 5.41) is 0. The molecule has 0 heterocycles. The Morgan fingerprint density at radius 1 is 0.711 bits per heavy atom. The summed E-state index contributed by atoms with van der Waals surface area (Å²) in [7, 11) is -0.287. The van der Waals surface area contributed by atoms with Crippen LogP contribution in [-0.4, -0.2) is 18.2 Å². The highest BCUT2D eigenvalue weighted by Gasteiger charge is 2.34. The average Bonchev–Trinajstić information content (AvgIpc) is 2.98. The van der Waals surface area contributed by atoms with E-state index in [-0.39, 0.29) is 23.5 Å². The normalized spacial score (nSPS) is 14.2. The van der Waals surface area contributed by atoms with Gasteiger partial charge in [-0.15, -0.1) is 0 Å². The van der Waals surface area contributed by atoms with Crippen molar-refractivity contribution in [2.24, 2.45) is 0 Å². The van der Waals surface area contributed by atoms with Crippen LogP contribution in [0.25, 0.3) is 0 Å². The molecule has 3 nitrogen and oxygen atoms in total. The number of esters is 1. The van der Waals surface area contributed by atoms with E-state index in [1.807, 2.05) is 60.7 Å². The molecule has 0 radical (unpaired) electrons. The Balaban J connectivity index is 1.30. The Bertz CT molecular complexity index is 1350. The lowest BCUT2D eigenvalue weighted by Gasteiger charge is -2.32. The van der Waals surface area contributed by atoms with Gasteiger partial charge in [-0.3, -0.25) is 0 Å². The zero-order valence-electron chi connectivity index (χ0n) is 21.3. The second-order valence-electron chi connectivity index (χ2n) is 9.34. The second-order valence-corrected chi connectivity index (χ2v) is 11.4. The van der Waals surface area contributed by atoms with E-state index >= 15 is 0 Å². The Kier molecular flexibility index (Phi) is 8.48. The standard InChI is InChI=1S/C34H31O3S/c35-33(37-34(23-11-4-12-24-34)25-22-28-14-5-1-6-15-28)27-36-29-16-13-21-32(26-29)38(30-17-7-2-8-18-30)31-19-9-3-10-20-31/h1-3,5-10,13-21,26H,4,11-12,23-24,27H2/q+1. The first-order chi connectivity index (χ1) is 18.7. The van der Waals surface area contributed by atoms with Crippen molar-refractivity contribution in [1.82, 2.24) is 0 Å². The predicted molar refractivity (Wildman–Crippen MR) is 152 cm³/mol. The molecule has 0 aliphatic heterocycles. The van der Waals surface area contributed by atoms with Gasteiger partial charge < -0.3 is 9.47 Å². The van der Waals surface area contributed by atoms with Crippen LogP contribution >= 0.6 is 0 Å². The Hall–Kier alpha value is -3.94. The number of carbonyl (C=O) groups excluding carboxylic acids is 1. The van der Waals surface area contributed by atoms with Crippen LogP contribution in [0.5, 0.6) is 5.75 Å². The topological polar surface area (TPSA) is 35.5 Å². The Morgan fingerprint density at radius 3 is 1.92 bits per heavy atom. The minimum absolute atomic E-state index is 0.150. The summed E-state index contributed by atoms with van der Waals surface area (Å²) >= 11 is 0. The molecule has 0 amide bonds. The smallest absolute Gasteiger partial charge is 0.345 e. The number of benzene rings is 4. The Labute approximate surface area is 228 Å². The molecular weight excluding hydrogens is 488 g/mol. The zero-order valence-corrected chi connectivity index (χ0v) is 22.2. The molecule has 5 rings (SSSR count). The molecule has 1 aliphatic carbocycles. The van der Waals surface area contributed by atoms with Gasteiger partial charge in [0.1, 0.15) is 5.75 Å². The highest BCUT2D eigenvalue weighted by atomic mass is 32.2. The molecule has 190 valence electrons. The molecule has 1 saturated carbocycles. The maximum Gasteiger partial charge on any atom is 0.345 e. The molecule has 0 bridgehead atoms. The van der Waals surface area contributed by atoms with Gasteiger partial charge in [0.25, 0.3) is 0 Å². The van der Waals surface area contributed by atoms with Gasteiger partial charge in [-0.1, -0.05) is 73.0 Å². The Morgan fingerprint density at radius 2 is 1.29 bits per heavy atom. The van der Waals surface area contributed by atoms with Gasteiger partial charge in [0, 0.05) is 11.6 Å². The first kappa shape index (κ1) is 25.7. The van der Waals surface area contributed by atoms with Crippen molar-refractivity contribution >= 4 is 16.9 Å². The molecule has 0 spiro atoms. The van der Waals surface area contributed by atoms with Crippen molar-refractivity contribution in [2.45, 2.75) is 52.4 Å². The maximum atomic E-state index is 12.9. The van der Waals surface area contributed by atoms with Gasteiger partial charge in [-0.2, -0.15) is 0 Å². The quantitative estimate of drug-likeness (QED) is 0.144. The van der Waals surface area contributed by atoms with Crippen molar-refractivity contribution in [1.29, 1.82) is 0 Å². The third-order valence-corrected chi connectivity index (χ3v) is 8.75. The fourth-order valence-corrected chi connectivity index (χ4v) is 6.81. The molecule has 1 fully saturated rings. The fraction of sp³-hybridized carbons (Fsp3) is 0.206. The third-order valence-electron chi connectivity index (χ3n) is 6.53. The van der Waals surface area contributed by atoms with E-state index in [1.165, 1.54) is 9.79 Å². The van der Waals surface area contributed by atoms with Gasteiger partial charge in [0.05, 0.1) is 10.9 Å². The average molecular weight is 520 g/mol. The van der Waals surface area contributed by atoms with E-state index in [4.69, 9.17) is 9.47 Å². The molecule has 4 aromatic carbocycles. The summed E-state index contributed by atoms with van der Waals surface area (Å²) in [4.78, 5) is 16.5. The summed E-state index contributed by atoms with van der Waals surface area (Å²) in [6.45, 7) is -0.150. The zero-order chi connectivity index (χ0) is 26.0. The summed E-state index contributed by atoms with van der Waals surface area (Å²) in [6.07, 6.45) is 4.65. The number of rotatable bonds is 7. The highest BCUT2D eigenvalue weighted by Crippen LogP contribution is 2.33. The van der Waals surface area contributed by atoms with Gasteiger partial charge >= 0.3 is 5.97 Å². The molecule has 38 heavy (non-hydrogen) atoms. The summed E-state index contributed by atoms with van der Waals surface area (Å²) in [6, 6.07) is 38.8. The van der Waals surface area contributed by atoms with Crippen molar-refractivity contribution in [3.63, 3.8) is 0 Å². The fourth-order valence-electron chi connectivity index (χ4n) is 4.69. The van der Waals surface area contributed by atoms with Crippen LogP contribution in [-0.2, 0) is 20.4 Å². The third kappa shape index (κ3) is 6.68. The van der Waals surface area contributed by atoms with Crippen molar-refractivity contribution in [3.8, 4) is 17.6 Å². The van der Waals surface area contributed by atoms with E-state index in [2.05, 4.69) is 66.4 Å². The maximum absolute atomic E-state index is 12.9. The SMILES string of the molecule is O=C(COc1cccc([S+](c2ccccc2)c2ccccc2)c1)OC1(C#Cc2ccccc2)CCCCC1. The lowest BCUT2D eigenvalue weighted by atomic mass is 9.85. The first-order valence-corrected chi connectivity index (χ1v) is 14.3. The minimum atomic E-state index is -0.747. The van der Waals surface area contributed by atoms with Crippen LogP contribution in [0.4, 0.5) is 0 Å². The van der Waals surface area contributed by atoms with Gasteiger partial charge in [0.2, 0.25) is 0 Å². The molecule has 0 N–H and O–H groups in total. The van der Waals surface area contributed by atoms with E-state index in [0.29, 0.717) is 5.75 Å². The van der Waals surface area contributed by atoms with Gasteiger partial charge in [-0.25, -0.2) is 4.79 Å². The molecule has 4 heteroatoms. The lowest BCUT2D eigenvalue weighted by Crippen LogP contribution is -2.37. The van der Waals surface area contributed by atoms with Crippen molar-refractivity contribution < 1.29 is 14.3 Å². The van der Waals surface area contributed by atoms with E-state index in [1.54, 1.807) is 0 Å². The van der Waals surface area contributed by atoms with E-state index < -0.39 is 5.60 Å². The van der Waals surface area contributed by atoms with Crippen LogP contribution in [0, 0.1) is 11.8 Å². The van der Waals surface area contributed by atoms with Crippen LogP contribution in [0.3, 0.4) is 0 Å². The first-order valence-electron chi connectivity index (χ1n) is 13.1. The summed E-state index contributed by atoms with van der Waals surface area (Å²) in [5.74, 6) is 6.78. The number of hydrogen-bond acceptors (Lipinski definition) is 3. The number of hydrogen-bond donors (Lipinski definition) is 0. The molecule has 0 unspecified atom stereocenters. The summed E-state index contributed by atoms with van der Waals surface area (Å²) in [5.41, 5.74) is 0.178. The van der Waals surface area contributed by atoms with Gasteiger partial charge in [0.15, 0.2) is 26.9 Å². The predicted octanol–water partition coefficient (Wildman–Crippen LogP) is 7.46. The van der Waals surface area contributed by atoms with Crippen molar-refractivity contribution in [3.05, 3.63) is 121 Å². The number of carbonyl (C=O) groups is 1. The summed E-state index contributed by atoms with van der Waals surface area (Å²) < 4.78 is 12.0. The molecule has 0 saturated heterocycles. The molecule has 4 aromatic rings. The largest absolute Gasteiger partial charge is 0.482 e. The highest BCUT2D eigenvalue weighted by molar-refractivity contribution is 7.97. The van der Waals surface area contributed by atoms with Crippen LogP contribution in [0.15, 0.2) is 130 Å². The molecule has 0 aromatic heterocycles. The molecule has 0 atom stereocenters. The van der Waals surface area contributed by atoms with Crippen LogP contribution < -0.4 is 4.74 Å². The van der Waals surface area contributed by atoms with Crippen LogP contribution in [0.2, 0.25) is 0 Å². The van der Waals surface area contributed by atoms with Crippen LogP contribution in [0.1, 0.15) is 37.7 Å². The minimum Gasteiger partial charge on any atom is -0.482 e. The second kappa shape index (κ2) is 12.5. The van der Waals surface area contributed by atoms with E-state index in [9.17, 15) is 4.79 Å². The van der Waals surface area contributed by atoms with Crippen molar-refractivity contribution in [2.75, 3.05) is 6.61 Å². The lowest BCUT2D eigenvalue weighted by molar-refractivity contribution is -0.159. The molecule has 1 aliphatic rings. The molecular formula is C34H31O3S+. The van der Waals surface area contributed by atoms with E-state index in [0.717, 1.165) is 42.6 Å². The monoisotopic (exact) mass is 519 g/mol. The van der Waals surface area contributed by atoms with Gasteiger partial charge in [-0.05, 0) is 80.1 Å².